The highest BCUT2D eigenvalue weighted by molar-refractivity contribution is 5.94. The van der Waals surface area contributed by atoms with Crippen LogP contribution in [0.4, 0.5) is 0 Å². The van der Waals surface area contributed by atoms with Crippen LogP contribution in [0.2, 0.25) is 0 Å². The summed E-state index contributed by atoms with van der Waals surface area (Å²) in [6.07, 6.45) is 4.16. The summed E-state index contributed by atoms with van der Waals surface area (Å²) in [6.45, 7) is 5.87. The molecule has 1 aliphatic rings. The van der Waals surface area contributed by atoms with Gasteiger partial charge >= 0.3 is 0 Å². The van der Waals surface area contributed by atoms with Crippen molar-refractivity contribution in [3.63, 3.8) is 0 Å². The molecule has 1 aromatic carbocycles. The maximum atomic E-state index is 13.0. The Hall–Kier alpha value is -2.56. The Morgan fingerprint density at radius 2 is 1.93 bits per heavy atom. The summed E-state index contributed by atoms with van der Waals surface area (Å²) in [4.78, 5) is 27.5. The molecule has 0 saturated carbocycles. The van der Waals surface area contributed by atoms with Crippen LogP contribution >= 0.6 is 0 Å². The van der Waals surface area contributed by atoms with Crippen molar-refractivity contribution in [1.29, 1.82) is 0 Å². The first-order valence-electron chi connectivity index (χ1n) is 10.2. The predicted molar refractivity (Wildman–Crippen MR) is 111 cm³/mol. The van der Waals surface area contributed by atoms with Crippen LogP contribution in [-0.4, -0.2) is 35.6 Å². The van der Waals surface area contributed by atoms with Crippen LogP contribution in [0, 0.1) is 12.8 Å². The van der Waals surface area contributed by atoms with Crippen LogP contribution in [0.15, 0.2) is 41.2 Å². The third-order valence-electron chi connectivity index (χ3n) is 5.75. The Kier molecular flexibility index (Phi) is 6.55. The van der Waals surface area contributed by atoms with Crippen LogP contribution in [0.25, 0.3) is 0 Å². The maximum Gasteiger partial charge on any atom is 0.263 e. The number of rotatable bonds is 6. The molecular formula is C23H30N2O3. The molecule has 3 rings (SSSR count). The minimum absolute atomic E-state index is 0.124. The first-order chi connectivity index (χ1) is 13.5. The molecular weight excluding hydrogens is 352 g/mol. The molecule has 1 saturated heterocycles. The molecule has 1 aromatic heterocycles. The van der Waals surface area contributed by atoms with Gasteiger partial charge < -0.3 is 14.2 Å². The fourth-order valence-corrected chi connectivity index (χ4v) is 4.05. The van der Waals surface area contributed by atoms with Gasteiger partial charge in [-0.15, -0.1) is 0 Å². The Bertz CT molecular complexity index is 870. The van der Waals surface area contributed by atoms with Crippen molar-refractivity contribution < 1.29 is 9.53 Å². The van der Waals surface area contributed by atoms with Gasteiger partial charge in [-0.2, -0.15) is 0 Å². The van der Waals surface area contributed by atoms with Crippen molar-refractivity contribution in [3.05, 3.63) is 63.6 Å². The summed E-state index contributed by atoms with van der Waals surface area (Å²) < 4.78 is 6.87. The summed E-state index contributed by atoms with van der Waals surface area (Å²) in [5.41, 5.74) is 2.30. The second kappa shape index (κ2) is 9.09. The number of likely N-dealkylation sites (tertiary alicyclic amines) is 1. The highest BCUT2D eigenvalue weighted by atomic mass is 16.5. The van der Waals surface area contributed by atoms with Gasteiger partial charge in [-0.25, -0.2) is 0 Å². The molecule has 2 aromatic rings. The van der Waals surface area contributed by atoms with Gasteiger partial charge in [0.15, 0.2) is 0 Å². The number of amides is 1. The molecule has 1 unspecified atom stereocenters. The van der Waals surface area contributed by atoms with Crippen LogP contribution < -0.4 is 10.3 Å². The summed E-state index contributed by atoms with van der Waals surface area (Å²) >= 11 is 0. The maximum absolute atomic E-state index is 13.0. The number of hydrogen-bond donors (Lipinski definition) is 0. The average Bonchev–Trinajstić information content (AvgIpc) is 2.73. The fraction of sp³-hybridized carbons (Fsp3) is 0.478. The van der Waals surface area contributed by atoms with Gasteiger partial charge in [0, 0.05) is 25.3 Å². The van der Waals surface area contributed by atoms with Gasteiger partial charge in [0.2, 0.25) is 0 Å². The van der Waals surface area contributed by atoms with Gasteiger partial charge in [-0.3, -0.25) is 9.59 Å². The zero-order valence-electron chi connectivity index (χ0n) is 17.1. The second-order valence-corrected chi connectivity index (χ2v) is 7.58. The SMILES string of the molecule is CCn1c(C)ccc(C(=O)N2CCCC(CCc3ccc(OC)cc3)C2)c1=O. The van der Waals surface area contributed by atoms with Crippen LogP contribution in [-0.2, 0) is 13.0 Å². The number of ether oxygens (including phenoxy) is 1. The van der Waals surface area contributed by atoms with Gasteiger partial charge in [-0.05, 0) is 75.3 Å². The number of carbonyl (C=O) groups is 1. The van der Waals surface area contributed by atoms with Crippen molar-refractivity contribution in [2.75, 3.05) is 20.2 Å². The van der Waals surface area contributed by atoms with E-state index in [2.05, 4.69) is 12.1 Å². The summed E-state index contributed by atoms with van der Waals surface area (Å²) in [6, 6.07) is 11.7. The van der Waals surface area contributed by atoms with E-state index in [1.807, 2.05) is 36.9 Å². The first kappa shape index (κ1) is 20.2. The van der Waals surface area contributed by atoms with Crippen molar-refractivity contribution in [3.8, 4) is 5.75 Å². The lowest BCUT2D eigenvalue weighted by molar-refractivity contribution is 0.0666. The van der Waals surface area contributed by atoms with Crippen LogP contribution in [0.1, 0.15) is 47.8 Å². The molecule has 28 heavy (non-hydrogen) atoms. The lowest BCUT2D eigenvalue weighted by Crippen LogP contribution is -2.42. The quantitative estimate of drug-likeness (QED) is 0.766. The summed E-state index contributed by atoms with van der Waals surface area (Å²) in [7, 11) is 1.67. The fourth-order valence-electron chi connectivity index (χ4n) is 4.05. The van der Waals surface area contributed by atoms with E-state index in [1.165, 1.54) is 5.56 Å². The zero-order valence-corrected chi connectivity index (χ0v) is 17.1. The van der Waals surface area contributed by atoms with Crippen molar-refractivity contribution in [1.82, 2.24) is 9.47 Å². The summed E-state index contributed by atoms with van der Waals surface area (Å²) in [5, 5.41) is 0. The normalized spacial score (nSPS) is 16.8. The third kappa shape index (κ3) is 4.46. The minimum Gasteiger partial charge on any atom is -0.497 e. The number of benzene rings is 1. The van der Waals surface area contributed by atoms with Crippen LogP contribution in [0.5, 0.6) is 5.75 Å². The smallest absolute Gasteiger partial charge is 0.263 e. The highest BCUT2D eigenvalue weighted by Gasteiger charge is 2.26. The first-order valence-corrected chi connectivity index (χ1v) is 10.2. The van der Waals surface area contributed by atoms with Crippen molar-refractivity contribution in [2.45, 2.75) is 46.1 Å². The number of hydrogen-bond acceptors (Lipinski definition) is 3. The monoisotopic (exact) mass is 382 g/mol. The zero-order chi connectivity index (χ0) is 20.1. The molecule has 1 amide bonds. The molecule has 0 bridgehead atoms. The van der Waals surface area contributed by atoms with E-state index in [-0.39, 0.29) is 11.5 Å². The molecule has 2 heterocycles. The van der Waals surface area contributed by atoms with Gasteiger partial charge in [0.1, 0.15) is 11.3 Å². The highest BCUT2D eigenvalue weighted by Crippen LogP contribution is 2.23. The Labute approximate surface area is 166 Å². The standard InChI is InChI=1S/C23H30N2O3/c1-4-25-17(2)7-14-21(23(25)27)22(26)24-15-5-6-19(16-24)9-8-18-10-12-20(28-3)13-11-18/h7,10-14,19H,4-6,8-9,15-16H2,1-3H3. The summed E-state index contributed by atoms with van der Waals surface area (Å²) in [5.74, 6) is 1.22. The number of aryl methyl sites for hydroxylation is 2. The molecule has 0 aliphatic carbocycles. The van der Waals surface area contributed by atoms with E-state index in [0.717, 1.165) is 50.2 Å². The van der Waals surface area contributed by atoms with Gasteiger partial charge in [-0.1, -0.05) is 12.1 Å². The predicted octanol–water partition coefficient (Wildman–Crippen LogP) is 3.67. The molecule has 1 aliphatic heterocycles. The molecule has 1 fully saturated rings. The minimum atomic E-state index is -0.173. The van der Waals surface area contributed by atoms with E-state index in [0.29, 0.717) is 18.0 Å². The van der Waals surface area contributed by atoms with Crippen molar-refractivity contribution >= 4 is 5.91 Å². The van der Waals surface area contributed by atoms with E-state index in [4.69, 9.17) is 4.74 Å². The number of piperidine rings is 1. The molecule has 5 nitrogen and oxygen atoms in total. The average molecular weight is 383 g/mol. The lowest BCUT2D eigenvalue weighted by Gasteiger charge is -2.33. The Morgan fingerprint density at radius 1 is 1.18 bits per heavy atom. The van der Waals surface area contributed by atoms with Crippen LogP contribution in [0.3, 0.4) is 0 Å². The van der Waals surface area contributed by atoms with E-state index in [1.54, 1.807) is 17.7 Å². The molecule has 150 valence electrons. The number of nitrogens with zero attached hydrogens (tertiary/aromatic N) is 2. The largest absolute Gasteiger partial charge is 0.497 e. The topological polar surface area (TPSA) is 51.5 Å². The number of methoxy groups -OCH3 is 1. The lowest BCUT2D eigenvalue weighted by atomic mass is 9.91. The van der Waals surface area contributed by atoms with E-state index >= 15 is 0 Å². The Morgan fingerprint density at radius 3 is 2.61 bits per heavy atom. The van der Waals surface area contributed by atoms with Crippen molar-refractivity contribution in [2.24, 2.45) is 5.92 Å². The third-order valence-corrected chi connectivity index (χ3v) is 5.75. The number of pyridine rings is 1. The molecule has 0 radical (unpaired) electrons. The van der Waals surface area contributed by atoms with E-state index < -0.39 is 0 Å². The number of carbonyl (C=O) groups excluding carboxylic acids is 1. The molecule has 0 spiro atoms. The van der Waals surface area contributed by atoms with Gasteiger partial charge in [0.25, 0.3) is 11.5 Å². The number of aromatic nitrogens is 1. The second-order valence-electron chi connectivity index (χ2n) is 7.58. The molecule has 0 N–H and O–H groups in total. The van der Waals surface area contributed by atoms with E-state index in [9.17, 15) is 9.59 Å². The molecule has 1 atom stereocenters. The Balaban J connectivity index is 1.64. The molecule has 5 heteroatoms. The van der Waals surface area contributed by atoms with Gasteiger partial charge in [0.05, 0.1) is 7.11 Å².